The number of oxazole rings is 1. The van der Waals surface area contributed by atoms with Crippen LogP contribution in [0.25, 0.3) is 11.1 Å². The van der Waals surface area contributed by atoms with Gasteiger partial charge >= 0.3 is 5.76 Å². The third kappa shape index (κ3) is 2.16. The average Bonchev–Trinajstić information content (AvgIpc) is 2.54. The number of ketones is 1. The number of hydrogen-bond acceptors (Lipinski definition) is 3. The molecule has 1 heterocycles. The van der Waals surface area contributed by atoms with E-state index in [1.807, 2.05) is 13.8 Å². The Hall–Kier alpha value is -1.84. The van der Waals surface area contributed by atoms with Crippen LogP contribution in [0.2, 0.25) is 0 Å². The van der Waals surface area contributed by atoms with Crippen LogP contribution in [0.4, 0.5) is 0 Å². The highest BCUT2D eigenvalue weighted by Gasteiger charge is 2.12. The Labute approximate surface area is 98.8 Å². The van der Waals surface area contributed by atoms with E-state index in [0.717, 1.165) is 0 Å². The maximum atomic E-state index is 11.9. The van der Waals surface area contributed by atoms with Crippen LogP contribution in [-0.4, -0.2) is 10.4 Å². The van der Waals surface area contributed by atoms with E-state index in [0.29, 0.717) is 29.0 Å². The van der Waals surface area contributed by atoms with Gasteiger partial charge in [0.15, 0.2) is 11.4 Å². The first-order chi connectivity index (χ1) is 7.99. The molecule has 0 amide bonds. The number of nitrogens with zero attached hydrogens (tertiary/aromatic N) is 1. The predicted octanol–water partition coefficient (Wildman–Crippen LogP) is 2.36. The Bertz CT molecular complexity index is 619. The molecule has 0 aliphatic heterocycles. The van der Waals surface area contributed by atoms with Gasteiger partial charge in [-0.1, -0.05) is 13.8 Å². The maximum Gasteiger partial charge on any atom is 0.419 e. The second-order valence-electron chi connectivity index (χ2n) is 4.63. The molecule has 0 N–H and O–H groups in total. The molecule has 1 aromatic heterocycles. The van der Waals surface area contributed by atoms with Crippen LogP contribution < -0.4 is 5.76 Å². The van der Waals surface area contributed by atoms with E-state index < -0.39 is 5.76 Å². The SMILES string of the molecule is CC(C)CC(=O)c1ccc2oc(=O)n(C)c2c1. The number of carbonyl (C=O) groups is 1. The number of Topliss-reactive ketones (excluding diaryl/α,β-unsaturated/α-hetero) is 1. The summed E-state index contributed by atoms with van der Waals surface area (Å²) in [6, 6.07) is 5.09. The molecule has 2 aromatic rings. The summed E-state index contributed by atoms with van der Waals surface area (Å²) in [5.41, 5.74) is 1.80. The molecule has 2 rings (SSSR count). The van der Waals surface area contributed by atoms with Gasteiger partial charge in [-0.15, -0.1) is 0 Å². The minimum absolute atomic E-state index is 0.0931. The van der Waals surface area contributed by atoms with Crippen molar-refractivity contribution in [2.45, 2.75) is 20.3 Å². The third-order valence-electron chi connectivity index (χ3n) is 2.71. The summed E-state index contributed by atoms with van der Waals surface area (Å²) < 4.78 is 6.41. The molecule has 0 bridgehead atoms. The average molecular weight is 233 g/mol. The van der Waals surface area contributed by atoms with Gasteiger partial charge in [-0.2, -0.15) is 0 Å². The first kappa shape index (κ1) is 11.6. The number of aryl methyl sites for hydroxylation is 1. The lowest BCUT2D eigenvalue weighted by atomic mass is 10.0. The van der Waals surface area contributed by atoms with Crippen molar-refractivity contribution < 1.29 is 9.21 Å². The normalized spacial score (nSPS) is 11.3. The molecule has 0 fully saturated rings. The van der Waals surface area contributed by atoms with Gasteiger partial charge in [-0.05, 0) is 24.1 Å². The van der Waals surface area contributed by atoms with Gasteiger partial charge in [0, 0.05) is 19.0 Å². The zero-order valence-corrected chi connectivity index (χ0v) is 10.2. The second-order valence-corrected chi connectivity index (χ2v) is 4.63. The van der Waals surface area contributed by atoms with E-state index >= 15 is 0 Å². The van der Waals surface area contributed by atoms with Gasteiger partial charge in [-0.25, -0.2) is 4.79 Å². The lowest BCUT2D eigenvalue weighted by Gasteiger charge is -2.03. The largest absolute Gasteiger partial charge is 0.419 e. The topological polar surface area (TPSA) is 52.2 Å². The number of carbonyl (C=O) groups excluding carboxylic acids is 1. The van der Waals surface area contributed by atoms with Crippen molar-refractivity contribution in [2.75, 3.05) is 0 Å². The van der Waals surface area contributed by atoms with Crippen LogP contribution in [0.5, 0.6) is 0 Å². The summed E-state index contributed by atoms with van der Waals surface area (Å²) in [5, 5.41) is 0. The summed E-state index contributed by atoms with van der Waals surface area (Å²) in [5.74, 6) is 0.00961. The van der Waals surface area contributed by atoms with Crippen molar-refractivity contribution >= 4 is 16.9 Å². The summed E-state index contributed by atoms with van der Waals surface area (Å²) in [4.78, 5) is 23.2. The van der Waals surface area contributed by atoms with E-state index in [1.165, 1.54) is 4.57 Å². The van der Waals surface area contributed by atoms with Crippen LogP contribution in [0, 0.1) is 5.92 Å². The van der Waals surface area contributed by atoms with Crippen molar-refractivity contribution in [3.63, 3.8) is 0 Å². The van der Waals surface area contributed by atoms with Crippen molar-refractivity contribution in [2.24, 2.45) is 13.0 Å². The minimum Gasteiger partial charge on any atom is -0.408 e. The van der Waals surface area contributed by atoms with Gasteiger partial charge in [0.2, 0.25) is 0 Å². The highest BCUT2D eigenvalue weighted by atomic mass is 16.4. The lowest BCUT2D eigenvalue weighted by Crippen LogP contribution is -2.09. The molecule has 17 heavy (non-hydrogen) atoms. The number of aromatic nitrogens is 1. The molecule has 1 aromatic carbocycles. The molecule has 0 saturated carbocycles. The Morgan fingerprint density at radius 3 is 2.76 bits per heavy atom. The molecule has 0 aliphatic rings. The van der Waals surface area contributed by atoms with Gasteiger partial charge in [0.1, 0.15) is 0 Å². The molecule has 90 valence electrons. The monoisotopic (exact) mass is 233 g/mol. The van der Waals surface area contributed by atoms with Crippen LogP contribution in [0.15, 0.2) is 27.4 Å². The summed E-state index contributed by atoms with van der Waals surface area (Å²) in [7, 11) is 1.63. The van der Waals surface area contributed by atoms with Crippen molar-refractivity contribution in [1.82, 2.24) is 4.57 Å². The lowest BCUT2D eigenvalue weighted by molar-refractivity contribution is 0.0968. The number of fused-ring (bicyclic) bond motifs is 1. The third-order valence-corrected chi connectivity index (χ3v) is 2.71. The summed E-state index contributed by atoms with van der Waals surface area (Å²) >= 11 is 0. The summed E-state index contributed by atoms with van der Waals surface area (Å²) in [6.07, 6.45) is 0.511. The van der Waals surface area contributed by atoms with Crippen molar-refractivity contribution in [3.8, 4) is 0 Å². The standard InChI is InChI=1S/C13H15NO3/c1-8(2)6-11(15)9-4-5-12-10(7-9)14(3)13(16)17-12/h4-5,7-8H,6H2,1-3H3. The molecule has 0 atom stereocenters. The Balaban J connectivity index is 2.47. The fourth-order valence-corrected chi connectivity index (χ4v) is 1.79. The molecule has 4 heteroatoms. The van der Waals surface area contributed by atoms with E-state index in [2.05, 4.69) is 0 Å². The number of rotatable bonds is 3. The van der Waals surface area contributed by atoms with Crippen molar-refractivity contribution in [3.05, 3.63) is 34.3 Å². The molecule has 0 radical (unpaired) electrons. The molecule has 0 unspecified atom stereocenters. The Morgan fingerprint density at radius 1 is 1.41 bits per heavy atom. The van der Waals surface area contributed by atoms with Gasteiger partial charge in [-0.3, -0.25) is 9.36 Å². The molecular formula is C13H15NO3. The fourth-order valence-electron chi connectivity index (χ4n) is 1.79. The van der Waals surface area contributed by atoms with E-state index in [4.69, 9.17) is 4.42 Å². The first-order valence-electron chi connectivity index (χ1n) is 5.62. The van der Waals surface area contributed by atoms with Crippen LogP contribution in [0.1, 0.15) is 30.6 Å². The Morgan fingerprint density at radius 2 is 2.12 bits per heavy atom. The highest BCUT2D eigenvalue weighted by molar-refractivity contribution is 5.98. The van der Waals surface area contributed by atoms with Crippen LogP contribution >= 0.6 is 0 Å². The van der Waals surface area contributed by atoms with E-state index in [9.17, 15) is 9.59 Å². The van der Waals surface area contributed by atoms with Gasteiger partial charge in [0.25, 0.3) is 0 Å². The first-order valence-corrected chi connectivity index (χ1v) is 5.62. The van der Waals surface area contributed by atoms with Crippen LogP contribution in [0.3, 0.4) is 0 Å². The van der Waals surface area contributed by atoms with Crippen LogP contribution in [-0.2, 0) is 7.05 Å². The highest BCUT2D eigenvalue weighted by Crippen LogP contribution is 2.16. The smallest absolute Gasteiger partial charge is 0.408 e. The zero-order chi connectivity index (χ0) is 12.6. The number of benzene rings is 1. The minimum atomic E-state index is -0.409. The van der Waals surface area contributed by atoms with Gasteiger partial charge < -0.3 is 4.42 Å². The van der Waals surface area contributed by atoms with E-state index in [1.54, 1.807) is 25.2 Å². The second kappa shape index (κ2) is 4.20. The number of hydrogen-bond donors (Lipinski definition) is 0. The van der Waals surface area contributed by atoms with Crippen molar-refractivity contribution in [1.29, 1.82) is 0 Å². The van der Waals surface area contributed by atoms with Gasteiger partial charge in [0.05, 0.1) is 5.52 Å². The molecule has 0 spiro atoms. The molecular weight excluding hydrogens is 218 g/mol. The predicted molar refractivity (Wildman–Crippen MR) is 65.2 cm³/mol. The quantitative estimate of drug-likeness (QED) is 0.765. The fraction of sp³-hybridized carbons (Fsp3) is 0.385. The molecule has 0 aliphatic carbocycles. The summed E-state index contributed by atoms with van der Waals surface area (Å²) in [6.45, 7) is 4.01. The Kier molecular flexibility index (Phi) is 2.88. The maximum absolute atomic E-state index is 11.9. The van der Waals surface area contributed by atoms with E-state index in [-0.39, 0.29) is 5.78 Å². The zero-order valence-electron chi connectivity index (χ0n) is 10.2. The molecule has 0 saturated heterocycles. The molecule has 4 nitrogen and oxygen atoms in total.